The monoisotopic (exact) mass is 341 g/mol. The van der Waals surface area contributed by atoms with Crippen LogP contribution in [-0.2, 0) is 9.53 Å². The summed E-state index contributed by atoms with van der Waals surface area (Å²) in [5, 5.41) is 2.72. The second kappa shape index (κ2) is 9.47. The van der Waals surface area contributed by atoms with Crippen LogP contribution in [0.25, 0.3) is 0 Å². The van der Waals surface area contributed by atoms with E-state index in [1.807, 2.05) is 25.1 Å². The van der Waals surface area contributed by atoms with Crippen LogP contribution in [0.2, 0.25) is 0 Å². The number of rotatable bonds is 8. The first kappa shape index (κ1) is 18.5. The van der Waals surface area contributed by atoms with Gasteiger partial charge in [0.2, 0.25) is 0 Å². The van der Waals surface area contributed by atoms with Gasteiger partial charge < -0.3 is 14.8 Å². The van der Waals surface area contributed by atoms with E-state index in [1.54, 1.807) is 30.3 Å². The Kier molecular flexibility index (Phi) is 7.01. The van der Waals surface area contributed by atoms with Crippen molar-refractivity contribution < 1.29 is 19.1 Å². The van der Waals surface area contributed by atoms with Crippen LogP contribution >= 0.6 is 0 Å². The first-order valence-corrected chi connectivity index (χ1v) is 8.35. The number of benzene rings is 2. The number of para-hydroxylation sites is 1. The number of amides is 1. The SMILES string of the molecule is CCCCOc1ccc(C(=O)OCC(=O)Nc2ccccc2C)cc1. The molecule has 0 atom stereocenters. The number of hydrogen-bond acceptors (Lipinski definition) is 4. The summed E-state index contributed by atoms with van der Waals surface area (Å²) in [6.07, 6.45) is 2.05. The fraction of sp³-hybridized carbons (Fsp3) is 0.300. The van der Waals surface area contributed by atoms with Crippen molar-refractivity contribution in [2.24, 2.45) is 0 Å². The van der Waals surface area contributed by atoms with Crippen LogP contribution < -0.4 is 10.1 Å². The molecule has 2 aromatic carbocycles. The van der Waals surface area contributed by atoms with Gasteiger partial charge >= 0.3 is 5.97 Å². The molecule has 0 unspecified atom stereocenters. The molecule has 0 spiro atoms. The Hall–Kier alpha value is -2.82. The van der Waals surface area contributed by atoms with Gasteiger partial charge in [-0.1, -0.05) is 31.5 Å². The molecule has 1 amide bonds. The second-order valence-corrected chi connectivity index (χ2v) is 5.67. The number of aryl methyl sites for hydroxylation is 1. The Bertz CT molecular complexity index is 710. The first-order chi connectivity index (χ1) is 12.1. The highest BCUT2D eigenvalue weighted by atomic mass is 16.5. The smallest absolute Gasteiger partial charge is 0.338 e. The summed E-state index contributed by atoms with van der Waals surface area (Å²) in [4.78, 5) is 23.9. The van der Waals surface area contributed by atoms with Crippen LogP contribution in [0.1, 0.15) is 35.7 Å². The van der Waals surface area contributed by atoms with Crippen LogP contribution in [0.3, 0.4) is 0 Å². The Morgan fingerprint density at radius 3 is 2.44 bits per heavy atom. The zero-order chi connectivity index (χ0) is 18.1. The maximum Gasteiger partial charge on any atom is 0.338 e. The molecule has 0 fully saturated rings. The summed E-state index contributed by atoms with van der Waals surface area (Å²) >= 11 is 0. The van der Waals surface area contributed by atoms with Crippen molar-refractivity contribution in [3.05, 3.63) is 59.7 Å². The average molecular weight is 341 g/mol. The summed E-state index contributed by atoms with van der Waals surface area (Å²) in [6, 6.07) is 14.1. The summed E-state index contributed by atoms with van der Waals surface area (Å²) in [6.45, 7) is 4.31. The van der Waals surface area contributed by atoms with Gasteiger partial charge in [-0.25, -0.2) is 4.79 Å². The lowest BCUT2D eigenvalue weighted by Crippen LogP contribution is -2.21. The molecular formula is C20H23NO4. The maximum atomic E-state index is 12.0. The van der Waals surface area contributed by atoms with E-state index in [0.29, 0.717) is 23.6 Å². The van der Waals surface area contributed by atoms with Crippen molar-refractivity contribution in [1.82, 2.24) is 0 Å². The number of carbonyl (C=O) groups excluding carboxylic acids is 2. The van der Waals surface area contributed by atoms with Gasteiger partial charge in [0.1, 0.15) is 5.75 Å². The summed E-state index contributed by atoms with van der Waals surface area (Å²) in [7, 11) is 0. The van der Waals surface area contributed by atoms with Crippen LogP contribution in [-0.4, -0.2) is 25.1 Å². The third-order valence-electron chi connectivity index (χ3n) is 3.61. The predicted octanol–water partition coefficient (Wildman–Crippen LogP) is 3.97. The molecule has 2 aromatic rings. The van der Waals surface area contributed by atoms with Gasteiger partial charge in [-0.15, -0.1) is 0 Å². The van der Waals surface area contributed by atoms with Crippen LogP contribution in [0.15, 0.2) is 48.5 Å². The fourth-order valence-electron chi connectivity index (χ4n) is 2.14. The molecule has 0 aromatic heterocycles. The molecule has 0 saturated heterocycles. The Labute approximate surface area is 148 Å². The minimum absolute atomic E-state index is 0.331. The van der Waals surface area contributed by atoms with Crippen LogP contribution in [0.4, 0.5) is 5.69 Å². The lowest BCUT2D eigenvalue weighted by Gasteiger charge is -2.09. The molecule has 5 nitrogen and oxygen atoms in total. The highest BCUT2D eigenvalue weighted by Gasteiger charge is 2.11. The van der Waals surface area contributed by atoms with E-state index in [-0.39, 0.29) is 12.5 Å². The third-order valence-corrected chi connectivity index (χ3v) is 3.61. The van der Waals surface area contributed by atoms with E-state index < -0.39 is 5.97 Å². The van der Waals surface area contributed by atoms with Crippen molar-refractivity contribution in [3.8, 4) is 5.75 Å². The van der Waals surface area contributed by atoms with Gasteiger partial charge in [-0.2, -0.15) is 0 Å². The quantitative estimate of drug-likeness (QED) is 0.583. The molecule has 2 rings (SSSR count). The highest BCUT2D eigenvalue weighted by Crippen LogP contribution is 2.14. The number of esters is 1. The number of ether oxygens (including phenoxy) is 2. The van der Waals surface area contributed by atoms with Gasteiger partial charge in [0.25, 0.3) is 5.91 Å². The lowest BCUT2D eigenvalue weighted by atomic mass is 10.2. The molecule has 0 aliphatic carbocycles. The normalized spacial score (nSPS) is 10.2. The molecule has 0 aliphatic rings. The molecule has 0 aliphatic heterocycles. The van der Waals surface area contributed by atoms with Crippen molar-refractivity contribution in [2.45, 2.75) is 26.7 Å². The molecule has 0 saturated carbocycles. The van der Waals surface area contributed by atoms with Gasteiger partial charge in [0, 0.05) is 5.69 Å². The highest BCUT2D eigenvalue weighted by molar-refractivity contribution is 5.95. The van der Waals surface area contributed by atoms with Crippen molar-refractivity contribution in [2.75, 3.05) is 18.5 Å². The van der Waals surface area contributed by atoms with Gasteiger partial charge in [-0.3, -0.25) is 4.79 Å². The molecular weight excluding hydrogens is 318 g/mol. The van der Waals surface area contributed by atoms with Gasteiger partial charge in [0.15, 0.2) is 6.61 Å². The van der Waals surface area contributed by atoms with E-state index in [9.17, 15) is 9.59 Å². The Morgan fingerprint density at radius 1 is 1.04 bits per heavy atom. The molecule has 25 heavy (non-hydrogen) atoms. The summed E-state index contributed by atoms with van der Waals surface area (Å²) < 4.78 is 10.6. The minimum Gasteiger partial charge on any atom is -0.494 e. The minimum atomic E-state index is -0.542. The Morgan fingerprint density at radius 2 is 1.76 bits per heavy atom. The van der Waals surface area contributed by atoms with Crippen molar-refractivity contribution in [1.29, 1.82) is 0 Å². The maximum absolute atomic E-state index is 12.0. The lowest BCUT2D eigenvalue weighted by molar-refractivity contribution is -0.119. The van der Waals surface area contributed by atoms with E-state index >= 15 is 0 Å². The largest absolute Gasteiger partial charge is 0.494 e. The zero-order valence-corrected chi connectivity index (χ0v) is 14.6. The molecule has 0 bridgehead atoms. The number of anilines is 1. The van der Waals surface area contributed by atoms with Crippen LogP contribution in [0, 0.1) is 6.92 Å². The zero-order valence-electron chi connectivity index (χ0n) is 14.6. The Balaban J connectivity index is 1.81. The molecule has 132 valence electrons. The van der Waals surface area contributed by atoms with Crippen LogP contribution in [0.5, 0.6) is 5.75 Å². The standard InChI is InChI=1S/C20H23NO4/c1-3-4-13-24-17-11-9-16(10-12-17)20(23)25-14-19(22)21-18-8-6-5-7-15(18)2/h5-12H,3-4,13-14H2,1-2H3,(H,21,22). The molecule has 1 N–H and O–H groups in total. The van der Waals surface area contributed by atoms with E-state index in [0.717, 1.165) is 18.4 Å². The molecule has 0 radical (unpaired) electrons. The topological polar surface area (TPSA) is 64.6 Å². The fourth-order valence-corrected chi connectivity index (χ4v) is 2.14. The number of unbranched alkanes of at least 4 members (excludes halogenated alkanes) is 1. The second-order valence-electron chi connectivity index (χ2n) is 5.67. The average Bonchev–Trinajstić information content (AvgIpc) is 2.62. The van der Waals surface area contributed by atoms with Crippen molar-refractivity contribution in [3.63, 3.8) is 0 Å². The predicted molar refractivity (Wildman–Crippen MR) is 96.9 cm³/mol. The summed E-state index contributed by atoms with van der Waals surface area (Å²) in [5.41, 5.74) is 2.03. The first-order valence-electron chi connectivity index (χ1n) is 8.35. The molecule has 5 heteroatoms. The number of carbonyl (C=O) groups is 2. The van der Waals surface area contributed by atoms with E-state index in [2.05, 4.69) is 12.2 Å². The van der Waals surface area contributed by atoms with Crippen molar-refractivity contribution >= 4 is 17.6 Å². The van der Waals surface area contributed by atoms with E-state index in [4.69, 9.17) is 9.47 Å². The third kappa shape index (κ3) is 5.95. The van der Waals surface area contributed by atoms with Gasteiger partial charge in [0.05, 0.1) is 12.2 Å². The molecule has 0 heterocycles. The van der Waals surface area contributed by atoms with E-state index in [1.165, 1.54) is 0 Å². The summed E-state index contributed by atoms with van der Waals surface area (Å²) in [5.74, 6) is -0.204. The number of nitrogens with one attached hydrogen (secondary N) is 1. The number of hydrogen-bond donors (Lipinski definition) is 1. The van der Waals surface area contributed by atoms with Gasteiger partial charge in [-0.05, 0) is 49.2 Å².